The van der Waals surface area contributed by atoms with Gasteiger partial charge in [0.1, 0.15) is 11.6 Å². The molecule has 0 unspecified atom stereocenters. The van der Waals surface area contributed by atoms with Crippen LogP contribution in [0, 0.1) is 5.82 Å². The Labute approximate surface area is 195 Å². The highest BCUT2D eigenvalue weighted by Crippen LogP contribution is 2.19. The summed E-state index contributed by atoms with van der Waals surface area (Å²) in [5, 5.41) is 10.7. The summed E-state index contributed by atoms with van der Waals surface area (Å²) in [6.45, 7) is -2.03. The first-order chi connectivity index (χ1) is 14.5. The fourth-order valence-corrected chi connectivity index (χ4v) is 2.80. The van der Waals surface area contributed by atoms with Crippen LogP contribution in [-0.2, 0) is 13.0 Å². The molecule has 6 nitrogen and oxygen atoms in total. The molecule has 0 radical (unpaired) electrons. The number of benzene rings is 2. The molecule has 1 heterocycles. The number of hydrogen-bond donors (Lipinski definition) is 2. The molecule has 31 heavy (non-hydrogen) atoms. The number of hydrogen-bond acceptors (Lipinski definition) is 3. The first-order valence-electron chi connectivity index (χ1n) is 9.33. The maximum Gasteiger partial charge on any atom is 0.387 e. The van der Waals surface area contributed by atoms with E-state index in [-0.39, 0.29) is 42.1 Å². The third kappa shape index (κ3) is 7.46. The van der Waals surface area contributed by atoms with Gasteiger partial charge in [0.2, 0.25) is 0 Å². The molecule has 2 aromatic carbocycles. The van der Waals surface area contributed by atoms with Crippen LogP contribution in [0.25, 0.3) is 5.69 Å². The van der Waals surface area contributed by atoms with E-state index in [0.29, 0.717) is 24.5 Å². The number of nitrogens with zero attached hydrogens (tertiary/aromatic N) is 3. The largest absolute Gasteiger partial charge is 0.434 e. The first kappa shape index (κ1) is 24.5. The highest BCUT2D eigenvalue weighted by Gasteiger charge is 2.09. The molecule has 0 aliphatic rings. The van der Waals surface area contributed by atoms with Crippen LogP contribution in [0.5, 0.6) is 5.75 Å². The van der Waals surface area contributed by atoms with Crippen molar-refractivity contribution in [3.05, 3.63) is 77.9 Å². The highest BCUT2D eigenvalue weighted by molar-refractivity contribution is 14.0. The summed E-state index contributed by atoms with van der Waals surface area (Å²) in [7, 11) is 1.63. The van der Waals surface area contributed by atoms with Crippen molar-refractivity contribution < 1.29 is 17.9 Å². The van der Waals surface area contributed by atoms with Crippen molar-refractivity contribution >= 4 is 29.9 Å². The maximum atomic E-state index is 13.0. The van der Waals surface area contributed by atoms with Crippen molar-refractivity contribution in [1.82, 2.24) is 20.4 Å². The lowest BCUT2D eigenvalue weighted by atomic mass is 10.2. The Bertz CT molecular complexity index is 979. The van der Waals surface area contributed by atoms with Crippen LogP contribution in [-0.4, -0.2) is 35.9 Å². The molecule has 0 fully saturated rings. The molecule has 3 aromatic rings. The van der Waals surface area contributed by atoms with Gasteiger partial charge in [0.25, 0.3) is 0 Å². The molecular formula is C21H23F3IN5O. The number of para-hydroxylation sites is 1. The molecule has 0 spiro atoms. The van der Waals surface area contributed by atoms with Gasteiger partial charge < -0.3 is 15.4 Å². The second kappa shape index (κ2) is 12.2. The second-order valence-electron chi connectivity index (χ2n) is 6.32. The summed E-state index contributed by atoms with van der Waals surface area (Å²) in [5.74, 6) is 0.360. The minimum absolute atomic E-state index is 0. The molecule has 0 saturated carbocycles. The quantitative estimate of drug-likeness (QED) is 0.254. The number of ether oxygens (including phenoxy) is 1. The maximum absolute atomic E-state index is 13.0. The van der Waals surface area contributed by atoms with Crippen molar-refractivity contribution in [3.63, 3.8) is 0 Å². The molecule has 2 N–H and O–H groups in total. The zero-order valence-electron chi connectivity index (χ0n) is 16.8. The van der Waals surface area contributed by atoms with E-state index in [9.17, 15) is 13.2 Å². The SMILES string of the molecule is CN=C(NCCc1ccn(-c2ccc(F)cc2)n1)NCc1ccccc1OC(F)F.I. The summed E-state index contributed by atoms with van der Waals surface area (Å²) >= 11 is 0. The molecule has 0 atom stereocenters. The van der Waals surface area contributed by atoms with E-state index >= 15 is 0 Å². The molecule has 0 aliphatic heterocycles. The van der Waals surface area contributed by atoms with Gasteiger partial charge in [-0.15, -0.1) is 24.0 Å². The smallest absolute Gasteiger partial charge is 0.387 e. The standard InChI is InChI=1S/C21H22F3N5O.HI/c1-25-21(27-14-15-4-2-3-5-19(15)30-20(23)24)26-12-10-17-11-13-29(28-17)18-8-6-16(22)7-9-18;/h2-9,11,13,20H,10,12,14H2,1H3,(H2,25,26,27);1H. The van der Waals surface area contributed by atoms with Gasteiger partial charge in [-0.05, 0) is 36.4 Å². The van der Waals surface area contributed by atoms with E-state index in [1.54, 1.807) is 42.1 Å². The van der Waals surface area contributed by atoms with Crippen LogP contribution in [0.4, 0.5) is 13.2 Å². The Morgan fingerprint density at radius 2 is 1.84 bits per heavy atom. The Hall–Kier alpha value is -2.76. The van der Waals surface area contributed by atoms with E-state index in [4.69, 9.17) is 0 Å². The summed E-state index contributed by atoms with van der Waals surface area (Å²) in [5.41, 5.74) is 2.23. The average Bonchev–Trinajstić information content (AvgIpc) is 3.20. The highest BCUT2D eigenvalue weighted by atomic mass is 127. The van der Waals surface area contributed by atoms with Gasteiger partial charge in [-0.1, -0.05) is 18.2 Å². The Kier molecular flexibility index (Phi) is 9.63. The van der Waals surface area contributed by atoms with Crippen molar-refractivity contribution in [3.8, 4) is 11.4 Å². The van der Waals surface area contributed by atoms with Crippen molar-refractivity contribution in [2.45, 2.75) is 19.6 Å². The van der Waals surface area contributed by atoms with Crippen LogP contribution in [0.1, 0.15) is 11.3 Å². The third-order valence-corrected chi connectivity index (χ3v) is 4.27. The number of rotatable bonds is 8. The molecule has 166 valence electrons. The van der Waals surface area contributed by atoms with Crippen LogP contribution in [0.15, 0.2) is 65.8 Å². The third-order valence-electron chi connectivity index (χ3n) is 4.27. The summed E-state index contributed by atoms with van der Waals surface area (Å²) in [6.07, 6.45) is 2.45. The van der Waals surface area contributed by atoms with Gasteiger partial charge in [0.05, 0.1) is 11.4 Å². The van der Waals surface area contributed by atoms with Crippen LogP contribution < -0.4 is 15.4 Å². The lowest BCUT2D eigenvalue weighted by Gasteiger charge is -2.14. The van der Waals surface area contributed by atoms with Gasteiger partial charge in [-0.3, -0.25) is 4.99 Å². The van der Waals surface area contributed by atoms with Crippen LogP contribution >= 0.6 is 24.0 Å². The van der Waals surface area contributed by atoms with Crippen LogP contribution in [0.3, 0.4) is 0 Å². The lowest BCUT2D eigenvalue weighted by molar-refractivity contribution is -0.0504. The number of aliphatic imine (C=N–C) groups is 1. The van der Waals surface area contributed by atoms with E-state index in [2.05, 4.69) is 25.5 Å². The topological polar surface area (TPSA) is 63.5 Å². The zero-order valence-corrected chi connectivity index (χ0v) is 19.1. The van der Waals surface area contributed by atoms with Gasteiger partial charge in [-0.2, -0.15) is 13.9 Å². The predicted octanol–water partition coefficient (Wildman–Crippen LogP) is 4.14. The number of halogens is 4. The summed E-state index contributed by atoms with van der Waals surface area (Å²) in [4.78, 5) is 4.13. The van der Waals surface area contributed by atoms with Crippen LogP contribution in [0.2, 0.25) is 0 Å². The van der Waals surface area contributed by atoms with Crippen molar-refractivity contribution in [1.29, 1.82) is 0 Å². The Morgan fingerprint density at radius 3 is 2.55 bits per heavy atom. The van der Waals surface area contributed by atoms with Crippen molar-refractivity contribution in [2.24, 2.45) is 4.99 Å². The molecule has 0 amide bonds. The fourth-order valence-electron chi connectivity index (χ4n) is 2.80. The van der Waals surface area contributed by atoms with Gasteiger partial charge in [-0.25, -0.2) is 9.07 Å². The summed E-state index contributed by atoms with van der Waals surface area (Å²) in [6, 6.07) is 14.6. The zero-order chi connectivity index (χ0) is 21.3. The Morgan fingerprint density at radius 1 is 1.10 bits per heavy atom. The molecule has 3 rings (SSSR count). The number of guanidine groups is 1. The monoisotopic (exact) mass is 545 g/mol. The normalized spacial score (nSPS) is 11.2. The molecule has 0 saturated heterocycles. The first-order valence-corrected chi connectivity index (χ1v) is 9.33. The minimum Gasteiger partial charge on any atom is -0.434 e. The predicted molar refractivity (Wildman–Crippen MR) is 124 cm³/mol. The van der Waals surface area contributed by atoms with E-state index in [1.807, 2.05) is 12.3 Å². The number of aromatic nitrogens is 2. The lowest BCUT2D eigenvalue weighted by Crippen LogP contribution is -2.38. The molecule has 0 bridgehead atoms. The van der Waals surface area contributed by atoms with Gasteiger partial charge in [0, 0.05) is 38.3 Å². The van der Waals surface area contributed by atoms with Gasteiger partial charge >= 0.3 is 6.61 Å². The molecule has 10 heteroatoms. The molecule has 1 aromatic heterocycles. The summed E-state index contributed by atoms with van der Waals surface area (Å²) < 4.78 is 44.3. The van der Waals surface area contributed by atoms with E-state index < -0.39 is 6.61 Å². The molecule has 0 aliphatic carbocycles. The Balaban J connectivity index is 0.00000341. The number of nitrogens with one attached hydrogen (secondary N) is 2. The minimum atomic E-state index is -2.88. The van der Waals surface area contributed by atoms with E-state index in [0.717, 1.165) is 11.4 Å². The number of alkyl halides is 2. The second-order valence-corrected chi connectivity index (χ2v) is 6.32. The average molecular weight is 545 g/mol. The molecular weight excluding hydrogens is 522 g/mol. The van der Waals surface area contributed by atoms with E-state index in [1.165, 1.54) is 18.2 Å². The fraction of sp³-hybridized carbons (Fsp3) is 0.238. The van der Waals surface area contributed by atoms with Gasteiger partial charge in [0.15, 0.2) is 5.96 Å². The van der Waals surface area contributed by atoms with Crippen molar-refractivity contribution in [2.75, 3.05) is 13.6 Å².